The van der Waals surface area contributed by atoms with Crippen LogP contribution in [0.25, 0.3) is 5.00 Å². The number of aryl methyl sites for hydroxylation is 2. The van der Waals surface area contributed by atoms with E-state index in [0.717, 1.165) is 21.8 Å². The van der Waals surface area contributed by atoms with Crippen molar-refractivity contribution in [1.82, 2.24) is 9.99 Å². The van der Waals surface area contributed by atoms with Crippen molar-refractivity contribution in [2.75, 3.05) is 0 Å². The Balaban J connectivity index is 2.56. The lowest BCUT2D eigenvalue weighted by molar-refractivity contribution is -0.255. The highest BCUT2D eigenvalue weighted by Crippen LogP contribution is 2.33. The number of hydrogen-bond donors (Lipinski definition) is 2. The molecule has 0 aliphatic carbocycles. The maximum atomic E-state index is 11.5. The maximum absolute atomic E-state index is 11.5. The minimum atomic E-state index is -1.19. The van der Waals surface area contributed by atoms with E-state index in [1.54, 1.807) is 6.92 Å². The van der Waals surface area contributed by atoms with Gasteiger partial charge in [-0.05, 0) is 39.3 Å². The number of carboxylic acids is 1. The van der Waals surface area contributed by atoms with Crippen molar-refractivity contribution in [3.8, 4) is 5.00 Å². The molecule has 0 saturated heterocycles. The van der Waals surface area contributed by atoms with Gasteiger partial charge >= 0.3 is 6.03 Å². The first kappa shape index (κ1) is 16.8. The number of urea groups is 1. The molecule has 0 fully saturated rings. The molecule has 2 rings (SSSR count). The van der Waals surface area contributed by atoms with E-state index in [2.05, 4.69) is 10.5 Å². The first-order valence-corrected chi connectivity index (χ1v) is 7.64. The second-order valence-electron chi connectivity index (χ2n) is 5.15. The molecule has 0 atom stereocenters. The highest BCUT2D eigenvalue weighted by atomic mass is 32.1. The summed E-state index contributed by atoms with van der Waals surface area (Å²) in [5.74, 6) is -1.19. The fourth-order valence-electron chi connectivity index (χ4n) is 2.40. The summed E-state index contributed by atoms with van der Waals surface area (Å²) in [6.07, 6.45) is 1.47. The molecular weight excluding hydrogens is 316 g/mol. The normalized spacial score (nSPS) is 11.1. The van der Waals surface area contributed by atoms with Crippen LogP contribution in [-0.2, 0) is 0 Å². The van der Waals surface area contributed by atoms with Crippen LogP contribution in [0.1, 0.15) is 37.7 Å². The first-order chi connectivity index (χ1) is 10.7. The topological polar surface area (TPSA) is 113 Å². The van der Waals surface area contributed by atoms with E-state index >= 15 is 0 Å². The molecule has 0 unspecified atom stereocenters. The Labute approximate surface area is 137 Å². The van der Waals surface area contributed by atoms with Crippen LogP contribution in [0.2, 0.25) is 0 Å². The Morgan fingerprint density at radius 3 is 2.57 bits per heavy atom. The summed E-state index contributed by atoms with van der Waals surface area (Å²) in [6.45, 7) is 7.37. The molecule has 0 spiro atoms. The number of rotatable bonds is 4. The number of aromatic nitrogens is 1. The number of aromatic carboxylic acids is 1. The van der Waals surface area contributed by atoms with Gasteiger partial charge in [-0.15, -0.1) is 11.3 Å². The van der Waals surface area contributed by atoms with E-state index in [0.29, 0.717) is 10.6 Å². The molecule has 7 nitrogen and oxygen atoms in total. The van der Waals surface area contributed by atoms with Gasteiger partial charge in [0.25, 0.3) is 0 Å². The SMILES string of the molecule is Cc1sc(-n2c(C)cc(/C=N\NC(N)=O)c2C)c(C(=O)[O-])c1C. The summed E-state index contributed by atoms with van der Waals surface area (Å²) < 4.78 is 1.85. The Hall–Kier alpha value is -2.61. The van der Waals surface area contributed by atoms with E-state index in [4.69, 9.17) is 5.73 Å². The van der Waals surface area contributed by atoms with Gasteiger partial charge in [0.05, 0.1) is 12.2 Å². The van der Waals surface area contributed by atoms with Crippen LogP contribution in [0.4, 0.5) is 4.79 Å². The zero-order chi connectivity index (χ0) is 17.3. The van der Waals surface area contributed by atoms with Crippen LogP contribution in [0.15, 0.2) is 11.2 Å². The smallest absolute Gasteiger partial charge is 0.332 e. The lowest BCUT2D eigenvalue weighted by atomic mass is 10.1. The summed E-state index contributed by atoms with van der Waals surface area (Å²) in [7, 11) is 0. The second kappa shape index (κ2) is 6.25. The van der Waals surface area contributed by atoms with Crippen molar-refractivity contribution < 1.29 is 14.7 Å². The largest absolute Gasteiger partial charge is 0.545 e. The van der Waals surface area contributed by atoms with Gasteiger partial charge in [-0.3, -0.25) is 0 Å². The fraction of sp³-hybridized carbons (Fsp3) is 0.267. The van der Waals surface area contributed by atoms with Gasteiger partial charge in [-0.25, -0.2) is 10.2 Å². The summed E-state index contributed by atoms with van der Waals surface area (Å²) in [5.41, 5.74) is 10.4. The Bertz CT molecular complexity index is 817. The zero-order valence-electron chi connectivity index (χ0n) is 13.3. The summed E-state index contributed by atoms with van der Waals surface area (Å²) >= 11 is 1.40. The standard InChI is InChI=1S/C15H18N4O3S/c1-7-5-11(6-17-18-15(16)22)9(3)19(7)13-12(14(20)21)8(2)10(4)23-13/h5-6H,1-4H3,(H,20,21)(H3,16,18,22)/p-1/b17-6-. The molecular formula is C15H17N4O3S-. The molecule has 0 radical (unpaired) electrons. The van der Waals surface area contributed by atoms with Crippen LogP contribution < -0.4 is 16.3 Å². The molecule has 122 valence electrons. The zero-order valence-corrected chi connectivity index (χ0v) is 14.1. The van der Waals surface area contributed by atoms with Crippen molar-refractivity contribution in [3.05, 3.63) is 39.0 Å². The molecule has 0 bridgehead atoms. The van der Waals surface area contributed by atoms with E-state index < -0.39 is 12.0 Å². The average Bonchev–Trinajstić information content (AvgIpc) is 2.87. The summed E-state index contributed by atoms with van der Waals surface area (Å²) in [4.78, 5) is 23.1. The molecule has 0 aromatic carbocycles. The minimum Gasteiger partial charge on any atom is -0.545 e. The quantitative estimate of drug-likeness (QED) is 0.646. The number of nitrogens with two attached hydrogens (primary N) is 1. The van der Waals surface area contributed by atoms with Crippen molar-refractivity contribution in [2.24, 2.45) is 10.8 Å². The van der Waals surface area contributed by atoms with Gasteiger partial charge in [0.2, 0.25) is 0 Å². The second-order valence-corrected chi connectivity index (χ2v) is 6.35. The van der Waals surface area contributed by atoms with Gasteiger partial charge in [-0.1, -0.05) is 0 Å². The maximum Gasteiger partial charge on any atom is 0.332 e. The number of amides is 2. The lowest BCUT2D eigenvalue weighted by Crippen LogP contribution is -2.24. The highest BCUT2D eigenvalue weighted by molar-refractivity contribution is 7.15. The number of nitrogens with zero attached hydrogens (tertiary/aromatic N) is 2. The Kier molecular flexibility index (Phi) is 4.55. The molecule has 2 aromatic rings. The number of carboxylic acid groups (broad SMARTS) is 1. The van der Waals surface area contributed by atoms with Crippen molar-refractivity contribution >= 4 is 29.6 Å². The van der Waals surface area contributed by atoms with Crippen molar-refractivity contribution in [1.29, 1.82) is 0 Å². The average molecular weight is 333 g/mol. The predicted octanol–water partition coefficient (Wildman–Crippen LogP) is 1.14. The van der Waals surface area contributed by atoms with Crippen molar-refractivity contribution in [2.45, 2.75) is 27.7 Å². The molecule has 0 aliphatic rings. The Morgan fingerprint density at radius 2 is 2.00 bits per heavy atom. The van der Waals surface area contributed by atoms with Crippen LogP contribution in [0.5, 0.6) is 0 Å². The summed E-state index contributed by atoms with van der Waals surface area (Å²) in [6, 6.07) is 1.10. The highest BCUT2D eigenvalue weighted by Gasteiger charge is 2.19. The molecule has 8 heteroatoms. The van der Waals surface area contributed by atoms with Gasteiger partial charge in [-0.2, -0.15) is 5.10 Å². The van der Waals surface area contributed by atoms with Gasteiger partial charge in [0.1, 0.15) is 5.00 Å². The van der Waals surface area contributed by atoms with Gasteiger partial charge < -0.3 is 20.2 Å². The van der Waals surface area contributed by atoms with Crippen LogP contribution >= 0.6 is 11.3 Å². The molecule has 2 aromatic heterocycles. The molecule has 2 amide bonds. The minimum absolute atomic E-state index is 0.202. The van der Waals surface area contributed by atoms with E-state index in [9.17, 15) is 14.7 Å². The van der Waals surface area contributed by atoms with Gasteiger partial charge in [0, 0.05) is 27.4 Å². The first-order valence-electron chi connectivity index (χ1n) is 6.83. The van der Waals surface area contributed by atoms with Crippen LogP contribution in [0, 0.1) is 27.7 Å². The van der Waals surface area contributed by atoms with E-state index in [-0.39, 0.29) is 5.56 Å². The number of carbonyl (C=O) groups excluding carboxylic acids is 2. The number of hydrogen-bond acceptors (Lipinski definition) is 5. The monoisotopic (exact) mass is 333 g/mol. The van der Waals surface area contributed by atoms with E-state index in [1.165, 1.54) is 17.6 Å². The molecule has 2 heterocycles. The number of hydrazone groups is 1. The molecule has 23 heavy (non-hydrogen) atoms. The number of nitrogens with one attached hydrogen (secondary N) is 1. The number of primary amides is 1. The fourth-order valence-corrected chi connectivity index (χ4v) is 3.66. The van der Waals surface area contributed by atoms with Crippen LogP contribution in [0.3, 0.4) is 0 Å². The predicted molar refractivity (Wildman–Crippen MR) is 87.2 cm³/mol. The van der Waals surface area contributed by atoms with E-state index in [1.807, 2.05) is 31.4 Å². The number of carbonyl (C=O) groups is 2. The third-order valence-corrected chi connectivity index (χ3v) is 4.82. The Morgan fingerprint density at radius 1 is 1.35 bits per heavy atom. The number of thiophene rings is 1. The van der Waals surface area contributed by atoms with Gasteiger partial charge in [0.15, 0.2) is 0 Å². The third kappa shape index (κ3) is 3.11. The molecule has 0 aliphatic heterocycles. The molecule has 0 saturated carbocycles. The summed E-state index contributed by atoms with van der Waals surface area (Å²) in [5, 5.41) is 15.9. The lowest BCUT2D eigenvalue weighted by Gasteiger charge is -2.11. The third-order valence-electron chi connectivity index (χ3n) is 3.62. The molecule has 3 N–H and O–H groups in total. The van der Waals surface area contributed by atoms with Crippen molar-refractivity contribution in [3.63, 3.8) is 0 Å². The van der Waals surface area contributed by atoms with Crippen LogP contribution in [-0.4, -0.2) is 22.8 Å².